The van der Waals surface area contributed by atoms with E-state index in [-0.39, 0.29) is 0 Å². The third-order valence-corrected chi connectivity index (χ3v) is 2.79. The molecule has 0 aromatic rings. The zero-order valence-corrected chi connectivity index (χ0v) is 11.3. The average Bonchev–Trinajstić information content (AvgIpc) is 2.10. The molecule has 0 saturated heterocycles. The summed E-state index contributed by atoms with van der Waals surface area (Å²) in [5.74, 6) is -2.64. The molecule has 94 valence electrons. The SMILES string of the molecule is CC(C)(C)C1=CC(C(C)(C)C)=C(F)C(=O)C1=O. The number of hydrogen-bond donors (Lipinski definition) is 0. The van der Waals surface area contributed by atoms with Crippen molar-refractivity contribution in [3.63, 3.8) is 0 Å². The number of carbonyl (C=O) groups is 2. The van der Waals surface area contributed by atoms with Crippen molar-refractivity contribution in [1.82, 2.24) is 0 Å². The molecule has 17 heavy (non-hydrogen) atoms. The van der Waals surface area contributed by atoms with Crippen LogP contribution >= 0.6 is 0 Å². The van der Waals surface area contributed by atoms with Crippen molar-refractivity contribution < 1.29 is 14.0 Å². The van der Waals surface area contributed by atoms with Crippen LogP contribution in [0.5, 0.6) is 0 Å². The highest BCUT2D eigenvalue weighted by molar-refractivity contribution is 6.49. The van der Waals surface area contributed by atoms with Crippen LogP contribution in [0.3, 0.4) is 0 Å². The quantitative estimate of drug-likeness (QED) is 0.479. The van der Waals surface area contributed by atoms with E-state index < -0.39 is 28.2 Å². The van der Waals surface area contributed by atoms with E-state index in [2.05, 4.69) is 0 Å². The standard InChI is InChI=1S/C14H19FO2/c1-13(2,3)8-7-9(14(4,5)6)11(16)12(17)10(8)15/h7H,1-6H3. The van der Waals surface area contributed by atoms with Crippen LogP contribution in [0.25, 0.3) is 0 Å². The third-order valence-electron chi connectivity index (χ3n) is 2.79. The normalized spacial score (nSPS) is 18.6. The van der Waals surface area contributed by atoms with Crippen LogP contribution in [0.15, 0.2) is 23.0 Å². The summed E-state index contributed by atoms with van der Waals surface area (Å²) in [6.07, 6.45) is 1.54. The van der Waals surface area contributed by atoms with Crippen molar-refractivity contribution in [2.45, 2.75) is 41.5 Å². The Balaban J connectivity index is 3.46. The zero-order valence-electron chi connectivity index (χ0n) is 11.3. The van der Waals surface area contributed by atoms with Gasteiger partial charge in [0.25, 0.3) is 5.78 Å². The third kappa shape index (κ3) is 2.54. The maximum absolute atomic E-state index is 13.8. The van der Waals surface area contributed by atoms with Crippen LogP contribution in [0.1, 0.15) is 41.5 Å². The summed E-state index contributed by atoms with van der Waals surface area (Å²) in [4.78, 5) is 23.4. The van der Waals surface area contributed by atoms with Crippen LogP contribution < -0.4 is 0 Å². The average molecular weight is 238 g/mol. The van der Waals surface area contributed by atoms with Crippen LogP contribution in [0, 0.1) is 10.8 Å². The smallest absolute Gasteiger partial charge is 0.261 e. The fourth-order valence-corrected chi connectivity index (χ4v) is 1.72. The molecule has 2 nitrogen and oxygen atoms in total. The first-order valence-electron chi connectivity index (χ1n) is 5.67. The molecule has 1 rings (SSSR count). The fourth-order valence-electron chi connectivity index (χ4n) is 1.72. The van der Waals surface area contributed by atoms with Gasteiger partial charge in [-0.25, -0.2) is 4.39 Å². The Morgan fingerprint density at radius 3 is 1.71 bits per heavy atom. The van der Waals surface area contributed by atoms with Gasteiger partial charge < -0.3 is 0 Å². The van der Waals surface area contributed by atoms with Gasteiger partial charge in [0.2, 0.25) is 5.78 Å². The van der Waals surface area contributed by atoms with Crippen molar-refractivity contribution in [2.75, 3.05) is 0 Å². The van der Waals surface area contributed by atoms with Crippen molar-refractivity contribution in [2.24, 2.45) is 10.8 Å². The Hall–Kier alpha value is -1.25. The van der Waals surface area contributed by atoms with E-state index in [0.717, 1.165) is 0 Å². The van der Waals surface area contributed by atoms with Gasteiger partial charge in [-0.15, -0.1) is 0 Å². The molecular weight excluding hydrogens is 219 g/mol. The van der Waals surface area contributed by atoms with Crippen LogP contribution in [0.4, 0.5) is 4.39 Å². The summed E-state index contributed by atoms with van der Waals surface area (Å²) in [7, 11) is 0. The van der Waals surface area contributed by atoms with E-state index >= 15 is 0 Å². The lowest BCUT2D eigenvalue weighted by Crippen LogP contribution is -2.31. The Morgan fingerprint density at radius 2 is 1.35 bits per heavy atom. The maximum Gasteiger partial charge on any atom is 0.261 e. The summed E-state index contributed by atoms with van der Waals surface area (Å²) in [6.45, 7) is 11.0. The summed E-state index contributed by atoms with van der Waals surface area (Å²) < 4.78 is 13.8. The highest BCUT2D eigenvalue weighted by atomic mass is 19.1. The molecule has 0 spiro atoms. The van der Waals surface area contributed by atoms with Gasteiger partial charge in [-0.05, 0) is 22.5 Å². The lowest BCUT2D eigenvalue weighted by atomic mass is 9.74. The van der Waals surface area contributed by atoms with Crippen LogP contribution in [-0.2, 0) is 9.59 Å². The number of carbonyl (C=O) groups excluding carboxylic acids is 2. The van der Waals surface area contributed by atoms with Gasteiger partial charge in [0, 0.05) is 5.57 Å². The molecule has 0 N–H and O–H groups in total. The molecular formula is C14H19FO2. The van der Waals surface area contributed by atoms with Gasteiger partial charge in [-0.2, -0.15) is 0 Å². The lowest BCUT2D eigenvalue weighted by molar-refractivity contribution is -0.133. The Kier molecular flexibility index (Phi) is 3.17. The second kappa shape index (κ2) is 3.90. The number of Topliss-reactive ketones (excluding diaryl/α,β-unsaturated/α-hetero) is 2. The van der Waals surface area contributed by atoms with Crippen LogP contribution in [-0.4, -0.2) is 11.6 Å². The number of allylic oxidation sites excluding steroid dienone is 4. The molecule has 0 heterocycles. The first kappa shape index (κ1) is 13.8. The van der Waals surface area contributed by atoms with Gasteiger partial charge in [0.15, 0.2) is 5.83 Å². The molecule has 0 amide bonds. The second-order valence-electron chi connectivity index (χ2n) is 6.44. The molecule has 0 bridgehead atoms. The number of halogens is 1. The summed E-state index contributed by atoms with van der Waals surface area (Å²) >= 11 is 0. The highest BCUT2D eigenvalue weighted by Gasteiger charge is 2.38. The van der Waals surface area contributed by atoms with Gasteiger partial charge in [0.1, 0.15) is 0 Å². The van der Waals surface area contributed by atoms with Gasteiger partial charge >= 0.3 is 0 Å². The highest BCUT2D eigenvalue weighted by Crippen LogP contribution is 2.38. The van der Waals surface area contributed by atoms with Crippen molar-refractivity contribution in [3.05, 3.63) is 23.0 Å². The number of hydrogen-bond acceptors (Lipinski definition) is 2. The molecule has 0 atom stereocenters. The van der Waals surface area contributed by atoms with Gasteiger partial charge in [-0.1, -0.05) is 41.5 Å². The minimum atomic E-state index is -1.01. The van der Waals surface area contributed by atoms with E-state index in [1.807, 2.05) is 41.5 Å². The molecule has 0 radical (unpaired) electrons. The Labute approximate surface area is 102 Å². The summed E-state index contributed by atoms with van der Waals surface area (Å²) in [6, 6.07) is 0. The van der Waals surface area contributed by atoms with Crippen LogP contribution in [0.2, 0.25) is 0 Å². The number of ketones is 2. The molecule has 1 aliphatic rings. The predicted molar refractivity (Wildman–Crippen MR) is 65.1 cm³/mol. The molecule has 0 aromatic carbocycles. The van der Waals surface area contributed by atoms with E-state index in [1.165, 1.54) is 0 Å². The Bertz CT molecular complexity index is 440. The molecule has 0 aliphatic heterocycles. The van der Waals surface area contributed by atoms with E-state index in [9.17, 15) is 14.0 Å². The van der Waals surface area contributed by atoms with E-state index in [0.29, 0.717) is 11.1 Å². The molecule has 0 fully saturated rings. The van der Waals surface area contributed by atoms with Crippen molar-refractivity contribution >= 4 is 11.6 Å². The molecule has 0 unspecified atom stereocenters. The summed E-state index contributed by atoms with van der Waals surface area (Å²) in [5.41, 5.74) is -0.248. The molecule has 1 aliphatic carbocycles. The van der Waals surface area contributed by atoms with Crippen molar-refractivity contribution in [1.29, 1.82) is 0 Å². The Morgan fingerprint density at radius 1 is 0.882 bits per heavy atom. The zero-order chi connectivity index (χ0) is 13.6. The topological polar surface area (TPSA) is 34.1 Å². The van der Waals surface area contributed by atoms with Gasteiger partial charge in [0.05, 0.1) is 0 Å². The molecule has 0 aromatic heterocycles. The lowest BCUT2D eigenvalue weighted by Gasteiger charge is -2.29. The minimum Gasteiger partial charge on any atom is -0.285 e. The van der Waals surface area contributed by atoms with Gasteiger partial charge in [-0.3, -0.25) is 9.59 Å². The predicted octanol–water partition coefficient (Wildman–Crippen LogP) is 3.38. The van der Waals surface area contributed by atoms with E-state index in [4.69, 9.17) is 0 Å². The first-order valence-corrected chi connectivity index (χ1v) is 5.67. The first-order chi connectivity index (χ1) is 7.46. The summed E-state index contributed by atoms with van der Waals surface area (Å²) in [5, 5.41) is 0. The maximum atomic E-state index is 13.8. The van der Waals surface area contributed by atoms with Crippen molar-refractivity contribution in [3.8, 4) is 0 Å². The fraction of sp³-hybridized carbons (Fsp3) is 0.571. The second-order valence-corrected chi connectivity index (χ2v) is 6.44. The monoisotopic (exact) mass is 238 g/mol. The number of rotatable bonds is 0. The largest absolute Gasteiger partial charge is 0.285 e. The molecule has 0 saturated carbocycles. The molecule has 3 heteroatoms. The van der Waals surface area contributed by atoms with E-state index in [1.54, 1.807) is 6.08 Å². The minimum absolute atomic E-state index is 0.312.